The van der Waals surface area contributed by atoms with E-state index in [9.17, 15) is 37.1 Å². The number of primary amides is 1. The lowest BCUT2D eigenvalue weighted by atomic mass is 9.70. The predicted octanol–water partition coefficient (Wildman–Crippen LogP) is 4.68. The van der Waals surface area contributed by atoms with Gasteiger partial charge in [-0.3, -0.25) is 38.7 Å². The van der Waals surface area contributed by atoms with Crippen LogP contribution in [0.4, 0.5) is 29.1 Å². The fourth-order valence-electron chi connectivity index (χ4n) is 10.4. The maximum atomic E-state index is 15.9. The molecular weight excluding hydrogens is 827 g/mol. The largest absolute Gasteiger partial charge is 0.490 e. The fourth-order valence-corrected chi connectivity index (χ4v) is 10.4. The summed E-state index contributed by atoms with van der Waals surface area (Å²) in [6.45, 7) is 4.66. The van der Waals surface area contributed by atoms with Crippen molar-refractivity contribution in [2.45, 2.75) is 94.6 Å². The molecule has 0 radical (unpaired) electrons. The predicted molar refractivity (Wildman–Crippen MR) is 216 cm³/mol. The molecule has 330 valence electrons. The number of alkyl halides is 3. The van der Waals surface area contributed by atoms with Crippen LogP contribution < -0.4 is 20.3 Å². The van der Waals surface area contributed by atoms with Gasteiger partial charge >= 0.3 is 6.18 Å². The zero-order valence-corrected chi connectivity index (χ0v) is 34.3. The summed E-state index contributed by atoms with van der Waals surface area (Å²) in [6.07, 6.45) is 2.35. The Balaban J connectivity index is 0.788. The van der Waals surface area contributed by atoms with Crippen LogP contribution in [0.1, 0.15) is 107 Å². The number of carbonyl (C=O) groups is 5. The zero-order valence-electron chi connectivity index (χ0n) is 34.3. The second-order valence-electron chi connectivity index (χ2n) is 17.6. The number of aromatic nitrogens is 2. The molecule has 5 aliphatic heterocycles. The highest BCUT2D eigenvalue weighted by atomic mass is 19.4. The summed E-state index contributed by atoms with van der Waals surface area (Å²) >= 11 is 0. The van der Waals surface area contributed by atoms with Crippen LogP contribution >= 0.6 is 0 Å². The van der Waals surface area contributed by atoms with Crippen LogP contribution in [0.15, 0.2) is 42.7 Å². The van der Waals surface area contributed by atoms with Crippen LogP contribution in [0, 0.1) is 22.6 Å². The monoisotopic (exact) mass is 871 g/mol. The van der Waals surface area contributed by atoms with Crippen LogP contribution in [-0.2, 0) is 15.8 Å². The first-order valence-electron chi connectivity index (χ1n) is 21.3. The van der Waals surface area contributed by atoms with Crippen molar-refractivity contribution in [3.8, 4) is 11.8 Å². The molecule has 0 bridgehead atoms. The van der Waals surface area contributed by atoms with Gasteiger partial charge in [-0.2, -0.15) is 18.4 Å². The Labute approximate surface area is 359 Å². The molecule has 6 aliphatic rings. The van der Waals surface area contributed by atoms with E-state index in [1.165, 1.54) is 24.4 Å². The minimum Gasteiger partial charge on any atom is -0.490 e. The first-order chi connectivity index (χ1) is 30.1. The van der Waals surface area contributed by atoms with E-state index >= 15 is 4.39 Å². The lowest BCUT2D eigenvalue weighted by molar-refractivity contribution is -0.155. The Bertz CT molecular complexity index is 2390. The Kier molecular flexibility index (Phi) is 10.8. The van der Waals surface area contributed by atoms with E-state index in [1.54, 1.807) is 6.20 Å². The summed E-state index contributed by atoms with van der Waals surface area (Å²) in [5, 5.41) is 9.10. The molecule has 63 heavy (non-hydrogen) atoms. The maximum Gasteiger partial charge on any atom is 0.417 e. The number of carbonyl (C=O) groups excluding carboxylic acids is 5. The first-order valence-corrected chi connectivity index (χ1v) is 21.3. The number of ether oxygens (including phenoxy) is 1. The molecule has 1 saturated carbocycles. The number of hydrogen-bond acceptors (Lipinski definition) is 12. The number of anilines is 2. The van der Waals surface area contributed by atoms with Gasteiger partial charge in [-0.25, -0.2) is 14.4 Å². The van der Waals surface area contributed by atoms with Crippen molar-refractivity contribution in [1.29, 1.82) is 5.26 Å². The van der Waals surface area contributed by atoms with E-state index in [0.29, 0.717) is 37.8 Å². The highest BCUT2D eigenvalue weighted by Gasteiger charge is 2.51. The Morgan fingerprint density at radius 3 is 2.13 bits per heavy atom. The molecular formula is C44H45F4N9O6. The van der Waals surface area contributed by atoms with Crippen LogP contribution in [0.3, 0.4) is 0 Å². The lowest BCUT2D eigenvalue weighted by Crippen LogP contribution is -2.64. The minimum absolute atomic E-state index is 0.0121. The first kappa shape index (κ1) is 42.2. The Morgan fingerprint density at radius 1 is 0.825 bits per heavy atom. The molecule has 4 saturated heterocycles. The number of fused-ring (bicyclic) bond motifs is 1. The number of nitrogens with two attached hydrogens (primary N) is 1. The molecule has 6 heterocycles. The third kappa shape index (κ3) is 7.82. The van der Waals surface area contributed by atoms with E-state index in [1.807, 2.05) is 4.90 Å². The summed E-state index contributed by atoms with van der Waals surface area (Å²) in [7, 11) is 0. The van der Waals surface area contributed by atoms with Crippen molar-refractivity contribution in [3.63, 3.8) is 0 Å². The number of halogens is 4. The summed E-state index contributed by atoms with van der Waals surface area (Å²) in [5.41, 5.74) is 4.01. The topological polar surface area (TPSA) is 186 Å². The van der Waals surface area contributed by atoms with Gasteiger partial charge in [0.25, 0.3) is 23.6 Å². The molecule has 9 rings (SSSR count). The van der Waals surface area contributed by atoms with Gasteiger partial charge in [0, 0.05) is 57.8 Å². The molecule has 1 aromatic heterocycles. The molecule has 1 aliphatic carbocycles. The zero-order chi connectivity index (χ0) is 44.4. The SMILES string of the molecule is N#Cc1ccc(OC2CCC(N3C(=O)CCC(N4C(=O)c5cc(F)c(N6CCC7(CC6)CN(C6CCN(c8cnc(C(N)=O)cn8)CC6)C7)cc5C4=O)C3=O)CC2)cc1C(F)(F)F. The highest BCUT2D eigenvalue weighted by Crippen LogP contribution is 2.45. The van der Waals surface area contributed by atoms with Gasteiger partial charge < -0.3 is 20.3 Å². The minimum atomic E-state index is -4.74. The van der Waals surface area contributed by atoms with Crippen LogP contribution in [0.5, 0.6) is 5.75 Å². The average molecular weight is 872 g/mol. The molecule has 3 aromatic rings. The summed E-state index contributed by atoms with van der Waals surface area (Å²) < 4.78 is 62.2. The van der Waals surface area contributed by atoms with E-state index in [2.05, 4.69) is 19.8 Å². The number of nitriles is 1. The second kappa shape index (κ2) is 16.2. The van der Waals surface area contributed by atoms with E-state index in [-0.39, 0.29) is 59.4 Å². The van der Waals surface area contributed by atoms with Crippen LogP contribution in [0.2, 0.25) is 0 Å². The number of rotatable bonds is 8. The quantitative estimate of drug-likeness (QED) is 0.244. The van der Waals surface area contributed by atoms with Gasteiger partial charge in [-0.05, 0) is 93.5 Å². The third-order valence-electron chi connectivity index (χ3n) is 13.9. The maximum absolute atomic E-state index is 15.9. The lowest BCUT2D eigenvalue weighted by Gasteiger charge is -2.57. The summed E-state index contributed by atoms with van der Waals surface area (Å²) in [5.74, 6) is -3.24. The average Bonchev–Trinajstić information content (AvgIpc) is 3.50. The molecule has 2 N–H and O–H groups in total. The van der Waals surface area contributed by atoms with Crippen LogP contribution in [-0.4, -0.2) is 118 Å². The van der Waals surface area contributed by atoms with Crippen molar-refractivity contribution < 1.29 is 46.3 Å². The Morgan fingerprint density at radius 2 is 1.51 bits per heavy atom. The van der Waals surface area contributed by atoms with Crippen molar-refractivity contribution in [2.24, 2.45) is 11.1 Å². The van der Waals surface area contributed by atoms with E-state index in [0.717, 1.165) is 79.9 Å². The molecule has 1 atom stereocenters. The molecule has 1 unspecified atom stereocenters. The normalized spacial score (nSPS) is 24.4. The number of benzene rings is 2. The number of likely N-dealkylation sites (tertiary alicyclic amines) is 2. The number of amides is 5. The number of piperidine rings is 3. The molecule has 2 aromatic carbocycles. The van der Waals surface area contributed by atoms with E-state index < -0.39 is 70.8 Å². The summed E-state index contributed by atoms with van der Waals surface area (Å²) in [4.78, 5) is 83.3. The number of nitrogens with zero attached hydrogens (tertiary/aromatic N) is 8. The summed E-state index contributed by atoms with van der Waals surface area (Å²) in [6, 6.07) is 5.76. The number of imide groups is 2. The van der Waals surface area contributed by atoms with Crippen molar-refractivity contribution in [1.82, 2.24) is 24.7 Å². The van der Waals surface area contributed by atoms with Gasteiger partial charge in [0.05, 0.1) is 52.5 Å². The molecule has 5 amide bonds. The molecule has 15 nitrogen and oxygen atoms in total. The molecule has 5 fully saturated rings. The smallest absolute Gasteiger partial charge is 0.417 e. The highest BCUT2D eigenvalue weighted by molar-refractivity contribution is 6.23. The van der Waals surface area contributed by atoms with Crippen molar-refractivity contribution in [2.75, 3.05) is 49.1 Å². The Hall–Kier alpha value is -6.16. The standard InChI is InChI=1S/C44H45F4N9O6/c45-33-18-30-31(19-36(33)53-15-11-43(12-16-53)23-55(24-43)26-9-13-54(14-10-26)37-22-51-34(21-52-37)39(50)59)41(61)57(40(30)60)35-7-8-38(58)56(42(35)62)27-2-5-28(6-3-27)63-29-4-1-25(20-49)32(17-29)44(46,47)48/h1,4,17-19,21-22,26-28,35H,2-3,5-16,23-24H2,(H2,50,59). The van der Waals surface area contributed by atoms with Gasteiger partial charge in [-0.15, -0.1) is 0 Å². The number of hydrogen-bond donors (Lipinski definition) is 1. The van der Waals surface area contributed by atoms with Gasteiger partial charge in [0.1, 0.15) is 29.1 Å². The van der Waals surface area contributed by atoms with Crippen molar-refractivity contribution >= 4 is 41.0 Å². The molecule has 19 heteroatoms. The fraction of sp³-hybridized carbons (Fsp3) is 0.500. The van der Waals surface area contributed by atoms with Crippen LogP contribution in [0.25, 0.3) is 0 Å². The van der Waals surface area contributed by atoms with Gasteiger partial charge in [-0.1, -0.05) is 0 Å². The van der Waals surface area contributed by atoms with Gasteiger partial charge in [0.2, 0.25) is 5.91 Å². The van der Waals surface area contributed by atoms with E-state index in [4.69, 9.17) is 15.7 Å². The second-order valence-corrected chi connectivity index (χ2v) is 17.6. The van der Waals surface area contributed by atoms with Crippen molar-refractivity contribution in [3.05, 3.63) is 76.5 Å². The molecule has 1 spiro atoms. The third-order valence-corrected chi connectivity index (χ3v) is 13.9. The van der Waals surface area contributed by atoms with Gasteiger partial charge in [0.15, 0.2) is 0 Å².